The predicted molar refractivity (Wildman–Crippen MR) is 78.7 cm³/mol. The SMILES string of the molecule is COc1ccc(C(Cl)c2ccc(OC)c(F)c2)c(Cl)c1. The fourth-order valence-electron chi connectivity index (χ4n) is 1.86. The molecular formula is C15H13Cl2FO2. The zero-order chi connectivity index (χ0) is 14.7. The van der Waals surface area contributed by atoms with Crippen molar-refractivity contribution in [3.63, 3.8) is 0 Å². The Labute approximate surface area is 127 Å². The Morgan fingerprint density at radius 2 is 1.80 bits per heavy atom. The van der Waals surface area contributed by atoms with Gasteiger partial charge in [-0.25, -0.2) is 4.39 Å². The van der Waals surface area contributed by atoms with Crippen molar-refractivity contribution in [2.24, 2.45) is 0 Å². The van der Waals surface area contributed by atoms with Gasteiger partial charge >= 0.3 is 0 Å². The van der Waals surface area contributed by atoms with Crippen molar-refractivity contribution in [1.29, 1.82) is 0 Å². The van der Waals surface area contributed by atoms with Crippen LogP contribution in [0.5, 0.6) is 11.5 Å². The molecule has 0 aliphatic rings. The highest BCUT2D eigenvalue weighted by molar-refractivity contribution is 6.33. The molecule has 2 rings (SSSR count). The van der Waals surface area contributed by atoms with Gasteiger partial charge in [-0.3, -0.25) is 0 Å². The lowest BCUT2D eigenvalue weighted by molar-refractivity contribution is 0.386. The number of hydrogen-bond donors (Lipinski definition) is 0. The first-order valence-electron chi connectivity index (χ1n) is 5.87. The van der Waals surface area contributed by atoms with Crippen LogP contribution in [-0.4, -0.2) is 14.2 Å². The second-order valence-electron chi connectivity index (χ2n) is 4.14. The molecule has 0 amide bonds. The third-order valence-electron chi connectivity index (χ3n) is 2.95. The van der Waals surface area contributed by atoms with E-state index in [0.717, 1.165) is 0 Å². The summed E-state index contributed by atoms with van der Waals surface area (Å²) in [7, 11) is 2.97. The van der Waals surface area contributed by atoms with Gasteiger partial charge < -0.3 is 9.47 Å². The average Bonchev–Trinajstić information content (AvgIpc) is 2.46. The van der Waals surface area contributed by atoms with Crippen molar-refractivity contribution in [3.8, 4) is 11.5 Å². The van der Waals surface area contributed by atoms with E-state index in [-0.39, 0.29) is 5.75 Å². The minimum absolute atomic E-state index is 0.179. The van der Waals surface area contributed by atoms with Crippen molar-refractivity contribution in [3.05, 3.63) is 58.4 Å². The molecule has 0 aromatic heterocycles. The van der Waals surface area contributed by atoms with Crippen LogP contribution in [0.3, 0.4) is 0 Å². The molecule has 2 aromatic rings. The number of benzene rings is 2. The summed E-state index contributed by atoms with van der Waals surface area (Å²) in [5, 5.41) is -0.0746. The van der Waals surface area contributed by atoms with E-state index < -0.39 is 11.2 Å². The average molecular weight is 315 g/mol. The molecular weight excluding hydrogens is 302 g/mol. The number of alkyl halides is 1. The number of rotatable bonds is 4. The van der Waals surface area contributed by atoms with Crippen LogP contribution < -0.4 is 9.47 Å². The van der Waals surface area contributed by atoms with Gasteiger partial charge in [-0.1, -0.05) is 23.7 Å². The molecule has 2 aromatic carbocycles. The highest BCUT2D eigenvalue weighted by Gasteiger charge is 2.16. The third kappa shape index (κ3) is 3.00. The zero-order valence-corrected chi connectivity index (χ0v) is 12.5. The molecule has 0 bridgehead atoms. The Kier molecular flexibility index (Phi) is 4.73. The Morgan fingerprint density at radius 3 is 2.35 bits per heavy atom. The molecule has 0 aliphatic heterocycles. The van der Waals surface area contributed by atoms with E-state index in [0.29, 0.717) is 21.9 Å². The van der Waals surface area contributed by atoms with Crippen LogP contribution in [0.25, 0.3) is 0 Å². The maximum absolute atomic E-state index is 13.7. The van der Waals surface area contributed by atoms with E-state index in [1.165, 1.54) is 19.2 Å². The Morgan fingerprint density at radius 1 is 1.05 bits per heavy atom. The Hall–Kier alpha value is -1.45. The molecule has 0 N–H and O–H groups in total. The Balaban J connectivity index is 2.35. The van der Waals surface area contributed by atoms with E-state index in [4.69, 9.17) is 32.7 Å². The summed E-state index contributed by atoms with van der Waals surface area (Å²) >= 11 is 12.5. The van der Waals surface area contributed by atoms with Crippen molar-refractivity contribution < 1.29 is 13.9 Å². The van der Waals surface area contributed by atoms with Gasteiger partial charge in [-0.2, -0.15) is 0 Å². The molecule has 20 heavy (non-hydrogen) atoms. The summed E-state index contributed by atoms with van der Waals surface area (Å²) < 4.78 is 23.7. The molecule has 0 fully saturated rings. The van der Waals surface area contributed by atoms with Crippen LogP contribution in [0.15, 0.2) is 36.4 Å². The summed E-state index contributed by atoms with van der Waals surface area (Å²) in [5.74, 6) is 0.363. The molecule has 0 saturated heterocycles. The number of hydrogen-bond acceptors (Lipinski definition) is 2. The maximum atomic E-state index is 13.7. The smallest absolute Gasteiger partial charge is 0.165 e. The van der Waals surface area contributed by atoms with Gasteiger partial charge in [0.05, 0.1) is 19.6 Å². The first-order valence-corrected chi connectivity index (χ1v) is 6.69. The lowest BCUT2D eigenvalue weighted by Gasteiger charge is -2.14. The fraction of sp³-hybridized carbons (Fsp3) is 0.200. The van der Waals surface area contributed by atoms with Crippen molar-refractivity contribution in [2.45, 2.75) is 5.38 Å². The van der Waals surface area contributed by atoms with Crippen LogP contribution >= 0.6 is 23.2 Å². The first kappa shape index (κ1) is 14.9. The largest absolute Gasteiger partial charge is 0.497 e. The van der Waals surface area contributed by atoms with Gasteiger partial charge in [0.15, 0.2) is 11.6 Å². The minimum atomic E-state index is -0.547. The van der Waals surface area contributed by atoms with Gasteiger partial charge in [0, 0.05) is 5.02 Å². The predicted octanol–water partition coefficient (Wildman–Crippen LogP) is 4.82. The standard InChI is InChI=1S/C15H13Cl2FO2/c1-19-10-4-5-11(12(16)8-10)15(17)9-3-6-14(20-2)13(18)7-9/h3-8,15H,1-2H3. The van der Waals surface area contributed by atoms with E-state index >= 15 is 0 Å². The van der Waals surface area contributed by atoms with Crippen molar-refractivity contribution >= 4 is 23.2 Å². The molecule has 0 spiro atoms. The van der Waals surface area contributed by atoms with E-state index in [9.17, 15) is 4.39 Å². The second-order valence-corrected chi connectivity index (χ2v) is 4.99. The van der Waals surface area contributed by atoms with Crippen LogP contribution in [0.1, 0.15) is 16.5 Å². The lowest BCUT2D eigenvalue weighted by atomic mass is 10.0. The number of methoxy groups -OCH3 is 2. The highest BCUT2D eigenvalue weighted by Crippen LogP contribution is 2.36. The first-order chi connectivity index (χ1) is 9.56. The Bertz CT molecular complexity index is 617. The van der Waals surface area contributed by atoms with Crippen LogP contribution in [0, 0.1) is 5.82 Å². The van der Waals surface area contributed by atoms with Gasteiger partial charge in [-0.05, 0) is 35.4 Å². The molecule has 0 radical (unpaired) electrons. The summed E-state index contributed by atoms with van der Waals surface area (Å²) in [6.07, 6.45) is 0. The van der Waals surface area contributed by atoms with Crippen LogP contribution in [-0.2, 0) is 0 Å². The van der Waals surface area contributed by atoms with E-state index in [1.54, 1.807) is 31.4 Å². The van der Waals surface area contributed by atoms with E-state index in [1.807, 2.05) is 0 Å². The molecule has 2 nitrogen and oxygen atoms in total. The number of ether oxygens (including phenoxy) is 2. The maximum Gasteiger partial charge on any atom is 0.165 e. The molecule has 0 saturated carbocycles. The molecule has 106 valence electrons. The summed E-state index contributed by atoms with van der Waals surface area (Å²) in [6, 6.07) is 9.79. The quantitative estimate of drug-likeness (QED) is 0.753. The molecule has 5 heteroatoms. The van der Waals surface area contributed by atoms with Gasteiger partial charge in [-0.15, -0.1) is 11.6 Å². The fourth-order valence-corrected chi connectivity index (χ4v) is 2.52. The van der Waals surface area contributed by atoms with Gasteiger partial charge in [0.2, 0.25) is 0 Å². The minimum Gasteiger partial charge on any atom is -0.497 e. The van der Waals surface area contributed by atoms with Crippen LogP contribution in [0.2, 0.25) is 5.02 Å². The highest BCUT2D eigenvalue weighted by atomic mass is 35.5. The number of halogens is 3. The topological polar surface area (TPSA) is 18.5 Å². The lowest BCUT2D eigenvalue weighted by Crippen LogP contribution is -1.97. The van der Waals surface area contributed by atoms with E-state index in [2.05, 4.69) is 0 Å². The summed E-state index contributed by atoms with van der Waals surface area (Å²) in [6.45, 7) is 0. The van der Waals surface area contributed by atoms with Crippen LogP contribution in [0.4, 0.5) is 4.39 Å². The van der Waals surface area contributed by atoms with Gasteiger partial charge in [0.1, 0.15) is 5.75 Å². The zero-order valence-electron chi connectivity index (χ0n) is 11.0. The molecule has 0 heterocycles. The van der Waals surface area contributed by atoms with Crippen molar-refractivity contribution in [1.82, 2.24) is 0 Å². The molecule has 1 atom stereocenters. The normalized spacial score (nSPS) is 12.1. The summed E-state index contributed by atoms with van der Waals surface area (Å²) in [4.78, 5) is 0. The monoisotopic (exact) mass is 314 g/mol. The molecule has 1 unspecified atom stereocenters. The van der Waals surface area contributed by atoms with Gasteiger partial charge in [0.25, 0.3) is 0 Å². The van der Waals surface area contributed by atoms with Crippen molar-refractivity contribution in [2.75, 3.05) is 14.2 Å². The third-order valence-corrected chi connectivity index (χ3v) is 3.76. The molecule has 0 aliphatic carbocycles. The second kappa shape index (κ2) is 6.33. The summed E-state index contributed by atoms with van der Waals surface area (Å²) in [5.41, 5.74) is 1.30.